The topological polar surface area (TPSA) is 78.9 Å². The van der Waals surface area contributed by atoms with E-state index in [9.17, 15) is 0 Å². The van der Waals surface area contributed by atoms with Crippen molar-refractivity contribution in [1.29, 1.82) is 0 Å². The SMILES string of the molecule is CCCOc1ncnc(-n2ncc3ccccc32)c1N. The molecule has 0 aliphatic heterocycles. The molecule has 6 nitrogen and oxygen atoms in total. The summed E-state index contributed by atoms with van der Waals surface area (Å²) in [4.78, 5) is 8.29. The Bertz CT molecular complexity index is 737. The number of ether oxygens (including phenoxy) is 1. The molecule has 0 saturated carbocycles. The number of nitrogens with two attached hydrogens (primary N) is 1. The van der Waals surface area contributed by atoms with Crippen LogP contribution in [0.1, 0.15) is 13.3 Å². The van der Waals surface area contributed by atoms with Crippen LogP contribution in [0, 0.1) is 0 Å². The molecule has 0 fully saturated rings. The Kier molecular flexibility index (Phi) is 3.20. The van der Waals surface area contributed by atoms with Gasteiger partial charge in [0.25, 0.3) is 0 Å². The molecule has 2 aromatic heterocycles. The molecule has 20 heavy (non-hydrogen) atoms. The van der Waals surface area contributed by atoms with Crippen molar-refractivity contribution in [1.82, 2.24) is 19.7 Å². The van der Waals surface area contributed by atoms with Gasteiger partial charge in [-0.25, -0.2) is 9.67 Å². The highest BCUT2D eigenvalue weighted by molar-refractivity contribution is 5.81. The maximum atomic E-state index is 6.10. The minimum atomic E-state index is 0.398. The lowest BCUT2D eigenvalue weighted by Gasteiger charge is -2.10. The Labute approximate surface area is 116 Å². The van der Waals surface area contributed by atoms with E-state index in [0.717, 1.165) is 17.3 Å². The Balaban J connectivity index is 2.10. The van der Waals surface area contributed by atoms with Crippen molar-refractivity contribution in [3.8, 4) is 11.7 Å². The van der Waals surface area contributed by atoms with E-state index in [1.807, 2.05) is 31.2 Å². The Morgan fingerprint density at radius 1 is 1.25 bits per heavy atom. The first-order valence-corrected chi connectivity index (χ1v) is 6.47. The predicted molar refractivity (Wildman–Crippen MR) is 76.9 cm³/mol. The van der Waals surface area contributed by atoms with Gasteiger partial charge in [-0.3, -0.25) is 0 Å². The minimum Gasteiger partial charge on any atom is -0.476 e. The predicted octanol–water partition coefficient (Wildman–Crippen LogP) is 2.19. The fourth-order valence-corrected chi connectivity index (χ4v) is 1.99. The lowest BCUT2D eigenvalue weighted by atomic mass is 10.2. The number of hydrogen-bond donors (Lipinski definition) is 1. The van der Waals surface area contributed by atoms with Gasteiger partial charge in [0.1, 0.15) is 12.0 Å². The molecule has 0 radical (unpaired) electrons. The maximum Gasteiger partial charge on any atom is 0.242 e. The maximum absolute atomic E-state index is 6.10. The van der Waals surface area contributed by atoms with Crippen LogP contribution >= 0.6 is 0 Å². The monoisotopic (exact) mass is 269 g/mol. The van der Waals surface area contributed by atoms with Gasteiger partial charge in [-0.15, -0.1) is 0 Å². The normalized spacial score (nSPS) is 10.8. The van der Waals surface area contributed by atoms with E-state index in [0.29, 0.717) is 24.0 Å². The number of rotatable bonds is 4. The van der Waals surface area contributed by atoms with E-state index in [-0.39, 0.29) is 0 Å². The van der Waals surface area contributed by atoms with Crippen LogP contribution in [-0.2, 0) is 0 Å². The molecule has 3 rings (SSSR count). The van der Waals surface area contributed by atoms with Crippen LogP contribution in [-0.4, -0.2) is 26.4 Å². The number of nitrogens with zero attached hydrogens (tertiary/aromatic N) is 4. The summed E-state index contributed by atoms with van der Waals surface area (Å²) in [6.45, 7) is 2.60. The van der Waals surface area contributed by atoms with Crippen LogP contribution in [0.3, 0.4) is 0 Å². The summed E-state index contributed by atoms with van der Waals surface area (Å²) >= 11 is 0. The van der Waals surface area contributed by atoms with Crippen molar-refractivity contribution in [3.05, 3.63) is 36.8 Å². The first-order valence-electron chi connectivity index (χ1n) is 6.47. The lowest BCUT2D eigenvalue weighted by molar-refractivity contribution is 0.306. The third kappa shape index (κ3) is 2.05. The molecule has 2 N–H and O–H groups in total. The second-order valence-corrected chi connectivity index (χ2v) is 4.38. The van der Waals surface area contributed by atoms with Gasteiger partial charge in [0, 0.05) is 5.39 Å². The Morgan fingerprint density at radius 2 is 2.10 bits per heavy atom. The van der Waals surface area contributed by atoms with Crippen LogP contribution in [0.2, 0.25) is 0 Å². The molecule has 0 unspecified atom stereocenters. The molecule has 0 spiro atoms. The summed E-state index contributed by atoms with van der Waals surface area (Å²) in [5.74, 6) is 0.934. The molecule has 0 aliphatic carbocycles. The van der Waals surface area contributed by atoms with Crippen molar-refractivity contribution in [2.45, 2.75) is 13.3 Å². The number of para-hydroxylation sites is 1. The van der Waals surface area contributed by atoms with Gasteiger partial charge in [-0.05, 0) is 12.5 Å². The van der Waals surface area contributed by atoms with E-state index in [1.54, 1.807) is 10.9 Å². The summed E-state index contributed by atoms with van der Waals surface area (Å²) in [6.07, 6.45) is 4.11. The zero-order chi connectivity index (χ0) is 13.9. The lowest BCUT2D eigenvalue weighted by Crippen LogP contribution is -2.08. The second-order valence-electron chi connectivity index (χ2n) is 4.38. The van der Waals surface area contributed by atoms with Gasteiger partial charge >= 0.3 is 0 Å². The number of fused-ring (bicyclic) bond motifs is 1. The largest absolute Gasteiger partial charge is 0.476 e. The Hall–Kier alpha value is -2.63. The van der Waals surface area contributed by atoms with Crippen LogP contribution in [0.5, 0.6) is 5.88 Å². The zero-order valence-corrected chi connectivity index (χ0v) is 11.2. The standard InChI is InChI=1S/C14H15N5O/c1-2-7-20-14-12(15)13(16-9-17-14)19-11-6-4-3-5-10(11)8-18-19/h3-6,8-9H,2,7,15H2,1H3. The van der Waals surface area contributed by atoms with Gasteiger partial charge < -0.3 is 10.5 Å². The fraction of sp³-hybridized carbons (Fsp3) is 0.214. The molecular formula is C14H15N5O. The third-order valence-electron chi connectivity index (χ3n) is 2.95. The van der Waals surface area contributed by atoms with Crippen LogP contribution in [0.4, 0.5) is 5.69 Å². The summed E-state index contributed by atoms with van der Waals surface area (Å²) in [5, 5.41) is 5.37. The first-order chi connectivity index (χ1) is 9.81. The van der Waals surface area contributed by atoms with Gasteiger partial charge in [0.2, 0.25) is 5.88 Å². The quantitative estimate of drug-likeness (QED) is 0.785. The molecule has 0 bridgehead atoms. The molecule has 102 valence electrons. The van der Waals surface area contributed by atoms with Crippen LogP contribution in [0.15, 0.2) is 36.8 Å². The van der Waals surface area contributed by atoms with Crippen LogP contribution in [0.25, 0.3) is 16.7 Å². The summed E-state index contributed by atoms with van der Waals surface area (Å²) in [5.41, 5.74) is 7.44. The van der Waals surface area contributed by atoms with E-state index < -0.39 is 0 Å². The summed E-state index contributed by atoms with van der Waals surface area (Å²) in [7, 11) is 0. The number of hydrogen-bond acceptors (Lipinski definition) is 5. The second kappa shape index (κ2) is 5.16. The smallest absolute Gasteiger partial charge is 0.242 e. The third-order valence-corrected chi connectivity index (χ3v) is 2.95. The fourth-order valence-electron chi connectivity index (χ4n) is 1.99. The molecule has 3 aromatic rings. The number of aromatic nitrogens is 4. The summed E-state index contributed by atoms with van der Waals surface area (Å²) in [6, 6.07) is 7.88. The molecule has 0 aliphatic rings. The van der Waals surface area contributed by atoms with E-state index in [4.69, 9.17) is 10.5 Å². The highest BCUT2D eigenvalue weighted by Gasteiger charge is 2.13. The first kappa shape index (κ1) is 12.4. The minimum absolute atomic E-state index is 0.398. The average Bonchev–Trinajstić information content (AvgIpc) is 2.90. The Morgan fingerprint density at radius 3 is 2.95 bits per heavy atom. The molecule has 0 atom stereocenters. The highest BCUT2D eigenvalue weighted by atomic mass is 16.5. The molecule has 6 heteroatoms. The summed E-state index contributed by atoms with van der Waals surface area (Å²) < 4.78 is 7.22. The van der Waals surface area contributed by atoms with Crippen molar-refractivity contribution in [2.75, 3.05) is 12.3 Å². The number of benzene rings is 1. The number of nitrogen functional groups attached to an aromatic ring is 1. The van der Waals surface area contributed by atoms with Crippen molar-refractivity contribution in [3.63, 3.8) is 0 Å². The van der Waals surface area contributed by atoms with E-state index in [2.05, 4.69) is 15.1 Å². The molecule has 1 aromatic carbocycles. The van der Waals surface area contributed by atoms with Crippen LogP contribution < -0.4 is 10.5 Å². The molecule has 2 heterocycles. The molecule has 0 amide bonds. The zero-order valence-electron chi connectivity index (χ0n) is 11.2. The highest BCUT2D eigenvalue weighted by Crippen LogP contribution is 2.26. The van der Waals surface area contributed by atoms with E-state index in [1.165, 1.54) is 6.33 Å². The van der Waals surface area contributed by atoms with Gasteiger partial charge in [0.15, 0.2) is 5.82 Å². The number of anilines is 1. The molecule has 0 saturated heterocycles. The van der Waals surface area contributed by atoms with E-state index >= 15 is 0 Å². The van der Waals surface area contributed by atoms with Gasteiger partial charge in [-0.2, -0.15) is 10.1 Å². The van der Waals surface area contributed by atoms with Crippen molar-refractivity contribution in [2.24, 2.45) is 0 Å². The van der Waals surface area contributed by atoms with Crippen molar-refractivity contribution >= 4 is 16.6 Å². The van der Waals surface area contributed by atoms with Gasteiger partial charge in [-0.1, -0.05) is 25.1 Å². The molecular weight excluding hydrogens is 254 g/mol. The van der Waals surface area contributed by atoms with Gasteiger partial charge in [0.05, 0.1) is 18.3 Å². The average molecular weight is 269 g/mol. The van der Waals surface area contributed by atoms with Crippen molar-refractivity contribution < 1.29 is 4.74 Å².